The minimum absolute atomic E-state index is 0.140. The average molecular weight is 358 g/mol. The SMILES string of the molecule is COc1cccc(-c2c(C(O)=C3CCC3)sc3cc(F)ccc23)c1F. The summed E-state index contributed by atoms with van der Waals surface area (Å²) in [6.07, 6.45) is 2.73. The third-order valence-electron chi connectivity index (χ3n) is 4.61. The molecule has 0 unspecified atom stereocenters. The van der Waals surface area contributed by atoms with Gasteiger partial charge in [0.05, 0.1) is 12.0 Å². The highest BCUT2D eigenvalue weighted by Crippen LogP contribution is 2.46. The van der Waals surface area contributed by atoms with Gasteiger partial charge in [-0.15, -0.1) is 11.3 Å². The second-order valence-electron chi connectivity index (χ2n) is 6.07. The number of aliphatic hydroxyl groups is 1. The van der Waals surface area contributed by atoms with Crippen molar-refractivity contribution < 1.29 is 18.6 Å². The van der Waals surface area contributed by atoms with Gasteiger partial charge in [-0.2, -0.15) is 0 Å². The van der Waals surface area contributed by atoms with E-state index in [0.717, 1.165) is 30.2 Å². The van der Waals surface area contributed by atoms with Crippen LogP contribution < -0.4 is 4.74 Å². The van der Waals surface area contributed by atoms with Crippen LogP contribution in [0, 0.1) is 11.6 Å². The fraction of sp³-hybridized carbons (Fsp3) is 0.200. The Morgan fingerprint density at radius 1 is 1.16 bits per heavy atom. The number of hydrogen-bond acceptors (Lipinski definition) is 3. The van der Waals surface area contributed by atoms with Crippen LogP contribution in [0.4, 0.5) is 8.78 Å². The Morgan fingerprint density at radius 3 is 2.64 bits per heavy atom. The first-order chi connectivity index (χ1) is 12.1. The van der Waals surface area contributed by atoms with Crippen molar-refractivity contribution >= 4 is 27.2 Å². The lowest BCUT2D eigenvalue weighted by atomic mass is 9.89. The van der Waals surface area contributed by atoms with Crippen molar-refractivity contribution in [2.24, 2.45) is 0 Å². The molecule has 3 aromatic rings. The minimum atomic E-state index is -0.485. The fourth-order valence-corrected chi connectivity index (χ4v) is 4.35. The summed E-state index contributed by atoms with van der Waals surface area (Å²) >= 11 is 1.29. The van der Waals surface area contributed by atoms with E-state index in [0.29, 0.717) is 20.7 Å². The van der Waals surface area contributed by atoms with E-state index in [2.05, 4.69) is 0 Å². The highest BCUT2D eigenvalue weighted by molar-refractivity contribution is 7.20. The summed E-state index contributed by atoms with van der Waals surface area (Å²) in [5.41, 5.74) is 1.91. The molecule has 0 spiro atoms. The summed E-state index contributed by atoms with van der Waals surface area (Å²) in [6, 6.07) is 9.33. The number of halogens is 2. The molecule has 25 heavy (non-hydrogen) atoms. The number of allylic oxidation sites excluding steroid dienone is 1. The minimum Gasteiger partial charge on any atom is -0.506 e. The van der Waals surface area contributed by atoms with Gasteiger partial charge in [-0.1, -0.05) is 12.1 Å². The van der Waals surface area contributed by atoms with E-state index >= 15 is 0 Å². The Labute approximate surface area is 148 Å². The van der Waals surface area contributed by atoms with E-state index in [9.17, 15) is 13.9 Å². The van der Waals surface area contributed by atoms with Gasteiger partial charge in [0.2, 0.25) is 0 Å². The lowest BCUT2D eigenvalue weighted by Crippen LogP contribution is -2.01. The molecule has 1 heterocycles. The molecule has 0 amide bonds. The number of thiophene rings is 1. The molecule has 0 atom stereocenters. The number of aliphatic hydroxyl groups excluding tert-OH is 1. The van der Waals surface area contributed by atoms with Gasteiger partial charge in [0.15, 0.2) is 11.6 Å². The monoisotopic (exact) mass is 358 g/mol. The maximum absolute atomic E-state index is 14.9. The summed E-state index contributed by atoms with van der Waals surface area (Å²) in [7, 11) is 1.41. The van der Waals surface area contributed by atoms with Gasteiger partial charge < -0.3 is 9.84 Å². The maximum atomic E-state index is 14.9. The number of benzene rings is 2. The van der Waals surface area contributed by atoms with Gasteiger partial charge in [0.25, 0.3) is 0 Å². The van der Waals surface area contributed by atoms with E-state index in [4.69, 9.17) is 4.74 Å². The van der Waals surface area contributed by atoms with Gasteiger partial charge in [0, 0.05) is 21.2 Å². The molecule has 1 aliphatic rings. The quantitative estimate of drug-likeness (QED) is 0.556. The Hall–Kier alpha value is -2.40. The molecular weight excluding hydrogens is 342 g/mol. The summed E-state index contributed by atoms with van der Waals surface area (Å²) in [5.74, 6) is -0.499. The second-order valence-corrected chi connectivity index (χ2v) is 7.13. The summed E-state index contributed by atoms with van der Waals surface area (Å²) in [6.45, 7) is 0. The van der Waals surface area contributed by atoms with E-state index < -0.39 is 5.82 Å². The molecule has 2 nitrogen and oxygen atoms in total. The molecule has 128 valence electrons. The maximum Gasteiger partial charge on any atom is 0.172 e. The topological polar surface area (TPSA) is 29.5 Å². The summed E-state index contributed by atoms with van der Waals surface area (Å²) in [4.78, 5) is 0.586. The number of fused-ring (bicyclic) bond motifs is 1. The molecular formula is C20H16F2O2S. The molecule has 4 rings (SSSR count). The lowest BCUT2D eigenvalue weighted by molar-refractivity contribution is 0.387. The predicted molar refractivity (Wildman–Crippen MR) is 97.1 cm³/mol. The Bertz CT molecular complexity index is 998. The molecule has 1 saturated carbocycles. The van der Waals surface area contributed by atoms with E-state index in [1.54, 1.807) is 24.3 Å². The highest BCUT2D eigenvalue weighted by atomic mass is 32.1. The first-order valence-electron chi connectivity index (χ1n) is 8.06. The van der Waals surface area contributed by atoms with Crippen molar-refractivity contribution in [3.05, 3.63) is 58.5 Å². The van der Waals surface area contributed by atoms with E-state index in [1.165, 1.54) is 30.6 Å². The summed E-state index contributed by atoms with van der Waals surface area (Å²) in [5, 5.41) is 11.4. The zero-order valence-electron chi connectivity index (χ0n) is 13.6. The summed E-state index contributed by atoms with van der Waals surface area (Å²) < 4.78 is 34.3. The Morgan fingerprint density at radius 2 is 1.96 bits per heavy atom. The zero-order valence-corrected chi connectivity index (χ0v) is 14.4. The zero-order chi connectivity index (χ0) is 17.6. The van der Waals surface area contributed by atoms with Crippen LogP contribution in [-0.2, 0) is 0 Å². The van der Waals surface area contributed by atoms with Crippen LogP contribution in [0.2, 0.25) is 0 Å². The van der Waals surface area contributed by atoms with Gasteiger partial charge in [-0.25, -0.2) is 8.78 Å². The van der Waals surface area contributed by atoms with Gasteiger partial charge in [0.1, 0.15) is 11.6 Å². The van der Waals surface area contributed by atoms with Crippen molar-refractivity contribution in [2.75, 3.05) is 7.11 Å². The third-order valence-corrected chi connectivity index (χ3v) is 5.77. The Balaban J connectivity index is 2.05. The number of ether oxygens (including phenoxy) is 1. The molecule has 0 radical (unpaired) electrons. The molecule has 5 heteroatoms. The van der Waals surface area contributed by atoms with Gasteiger partial charge in [-0.05, 0) is 49.1 Å². The fourth-order valence-electron chi connectivity index (χ4n) is 3.12. The van der Waals surface area contributed by atoms with Crippen molar-refractivity contribution in [3.8, 4) is 16.9 Å². The lowest BCUT2D eigenvalue weighted by Gasteiger charge is -2.18. The molecule has 1 aliphatic carbocycles. The first-order valence-corrected chi connectivity index (χ1v) is 8.88. The molecule has 1 N–H and O–H groups in total. The number of rotatable bonds is 3. The van der Waals surface area contributed by atoms with Crippen LogP contribution >= 0.6 is 11.3 Å². The van der Waals surface area contributed by atoms with Crippen LogP contribution in [0.3, 0.4) is 0 Å². The predicted octanol–water partition coefficient (Wildman–Crippen LogP) is 6.31. The smallest absolute Gasteiger partial charge is 0.172 e. The molecule has 1 aromatic heterocycles. The molecule has 0 bridgehead atoms. The number of hydrogen-bond donors (Lipinski definition) is 1. The van der Waals surface area contributed by atoms with Gasteiger partial charge in [-0.3, -0.25) is 0 Å². The Kier molecular flexibility index (Phi) is 3.96. The largest absolute Gasteiger partial charge is 0.506 e. The molecule has 2 aromatic carbocycles. The van der Waals surface area contributed by atoms with Gasteiger partial charge >= 0.3 is 0 Å². The van der Waals surface area contributed by atoms with Crippen LogP contribution in [-0.4, -0.2) is 12.2 Å². The van der Waals surface area contributed by atoms with Crippen molar-refractivity contribution in [1.82, 2.24) is 0 Å². The average Bonchev–Trinajstić information content (AvgIpc) is 2.91. The molecule has 0 saturated heterocycles. The van der Waals surface area contributed by atoms with Crippen molar-refractivity contribution in [2.45, 2.75) is 19.3 Å². The van der Waals surface area contributed by atoms with E-state index in [1.807, 2.05) is 0 Å². The van der Waals surface area contributed by atoms with Crippen LogP contribution in [0.1, 0.15) is 24.1 Å². The van der Waals surface area contributed by atoms with Crippen molar-refractivity contribution in [1.29, 1.82) is 0 Å². The molecule has 0 aliphatic heterocycles. The van der Waals surface area contributed by atoms with E-state index in [-0.39, 0.29) is 17.3 Å². The first kappa shape index (κ1) is 16.1. The normalized spacial score (nSPS) is 13.8. The van der Waals surface area contributed by atoms with Crippen LogP contribution in [0.5, 0.6) is 5.75 Å². The second kappa shape index (κ2) is 6.15. The van der Waals surface area contributed by atoms with Crippen LogP contribution in [0.15, 0.2) is 42.0 Å². The highest BCUT2D eigenvalue weighted by Gasteiger charge is 2.24. The van der Waals surface area contributed by atoms with Crippen molar-refractivity contribution in [3.63, 3.8) is 0 Å². The molecule has 1 fully saturated rings. The standard InChI is InChI=1S/C20H16F2O2S/c1-24-15-7-3-6-14(18(15)22)17-13-9-8-12(21)10-16(13)25-20(17)19(23)11-4-2-5-11/h3,6-10,23H,2,4-5H2,1H3. The van der Waals surface area contributed by atoms with Crippen LogP contribution in [0.25, 0.3) is 27.0 Å². The number of methoxy groups -OCH3 is 1. The third kappa shape index (κ3) is 2.59.